The van der Waals surface area contributed by atoms with Gasteiger partial charge in [-0.1, -0.05) is 12.1 Å². The van der Waals surface area contributed by atoms with Gasteiger partial charge in [-0.15, -0.1) is 10.2 Å². The Kier molecular flexibility index (Phi) is 2.71. The van der Waals surface area contributed by atoms with Gasteiger partial charge in [0.15, 0.2) is 5.58 Å². The molecule has 2 N–H and O–H groups in total. The van der Waals surface area contributed by atoms with Crippen molar-refractivity contribution in [3.05, 3.63) is 42.5 Å². The SMILES string of the molecule is Nc1ccc2nc(Sc3nnc4ccccc4n3)oc2c1. The molecule has 4 rings (SSSR count). The number of oxazole rings is 1. The van der Waals surface area contributed by atoms with Crippen LogP contribution in [0.1, 0.15) is 0 Å². The molecule has 0 radical (unpaired) electrons. The highest BCUT2D eigenvalue weighted by Crippen LogP contribution is 2.28. The molecule has 0 aliphatic heterocycles. The van der Waals surface area contributed by atoms with Crippen molar-refractivity contribution in [2.24, 2.45) is 0 Å². The molecule has 2 aromatic carbocycles. The molecule has 2 heterocycles. The molecule has 0 saturated heterocycles. The molecule has 102 valence electrons. The third-order valence-corrected chi connectivity index (χ3v) is 3.62. The van der Waals surface area contributed by atoms with Gasteiger partial charge >= 0.3 is 0 Å². The molecular weight excluding hydrogens is 286 g/mol. The molecule has 21 heavy (non-hydrogen) atoms. The van der Waals surface area contributed by atoms with Crippen LogP contribution < -0.4 is 5.73 Å². The molecule has 7 heteroatoms. The standard InChI is InChI=1S/C14H9N5OS/c15-8-5-6-11-12(7-8)20-14(17-11)21-13-16-9-3-1-2-4-10(9)18-19-13/h1-7H,15H2. The van der Waals surface area contributed by atoms with E-state index in [9.17, 15) is 0 Å². The predicted molar refractivity (Wildman–Crippen MR) is 79.9 cm³/mol. The number of nitrogens with two attached hydrogens (primary N) is 1. The fraction of sp³-hybridized carbons (Fsp3) is 0. The van der Waals surface area contributed by atoms with Crippen molar-refractivity contribution in [2.45, 2.75) is 10.4 Å². The summed E-state index contributed by atoms with van der Waals surface area (Å²) >= 11 is 1.23. The number of nitrogen functional groups attached to an aromatic ring is 1. The Balaban J connectivity index is 1.71. The van der Waals surface area contributed by atoms with Crippen molar-refractivity contribution in [1.82, 2.24) is 20.2 Å². The minimum Gasteiger partial charge on any atom is -0.431 e. The van der Waals surface area contributed by atoms with Crippen LogP contribution in [-0.4, -0.2) is 20.2 Å². The Labute approximate surface area is 123 Å². The maximum absolute atomic E-state index is 5.72. The van der Waals surface area contributed by atoms with E-state index >= 15 is 0 Å². The molecule has 4 aromatic rings. The lowest BCUT2D eigenvalue weighted by Gasteiger charge is -1.97. The largest absolute Gasteiger partial charge is 0.431 e. The summed E-state index contributed by atoms with van der Waals surface area (Å²) in [5.74, 6) is 0. The van der Waals surface area contributed by atoms with E-state index in [1.165, 1.54) is 11.8 Å². The smallest absolute Gasteiger partial charge is 0.264 e. The highest BCUT2D eigenvalue weighted by molar-refractivity contribution is 7.98. The van der Waals surface area contributed by atoms with E-state index in [-0.39, 0.29) is 0 Å². The average molecular weight is 295 g/mol. The van der Waals surface area contributed by atoms with Crippen LogP contribution in [0, 0.1) is 0 Å². The Hall–Kier alpha value is -2.67. The Morgan fingerprint density at radius 3 is 2.67 bits per heavy atom. The van der Waals surface area contributed by atoms with Crippen molar-refractivity contribution in [1.29, 1.82) is 0 Å². The monoisotopic (exact) mass is 295 g/mol. The highest BCUT2D eigenvalue weighted by atomic mass is 32.2. The second-order valence-corrected chi connectivity index (χ2v) is 5.31. The number of aromatic nitrogens is 4. The predicted octanol–water partition coefficient (Wildman–Crippen LogP) is 2.90. The quantitative estimate of drug-likeness (QED) is 0.568. The number of anilines is 1. The summed E-state index contributed by atoms with van der Waals surface area (Å²) in [5, 5.41) is 9.15. The molecule has 0 bridgehead atoms. The molecule has 6 nitrogen and oxygen atoms in total. The maximum Gasteiger partial charge on any atom is 0.264 e. The summed E-state index contributed by atoms with van der Waals surface area (Å²) in [5.41, 5.74) is 9.30. The van der Waals surface area contributed by atoms with Gasteiger partial charge in [0.25, 0.3) is 5.22 Å². The molecule has 0 fully saturated rings. The van der Waals surface area contributed by atoms with Gasteiger partial charge in [0.2, 0.25) is 5.16 Å². The number of hydrogen-bond acceptors (Lipinski definition) is 7. The normalized spacial score (nSPS) is 11.2. The Morgan fingerprint density at radius 1 is 0.905 bits per heavy atom. The summed E-state index contributed by atoms with van der Waals surface area (Å²) in [7, 11) is 0. The fourth-order valence-corrected chi connectivity index (χ4v) is 2.61. The summed E-state index contributed by atoms with van der Waals surface area (Å²) in [6.07, 6.45) is 0. The molecule has 0 atom stereocenters. The molecule has 0 spiro atoms. The second-order valence-electron chi connectivity index (χ2n) is 4.39. The lowest BCUT2D eigenvalue weighted by atomic mass is 10.3. The third kappa shape index (κ3) is 2.27. The summed E-state index contributed by atoms with van der Waals surface area (Å²) in [4.78, 5) is 8.79. The summed E-state index contributed by atoms with van der Waals surface area (Å²) in [6.45, 7) is 0. The zero-order chi connectivity index (χ0) is 14.2. The van der Waals surface area contributed by atoms with Gasteiger partial charge < -0.3 is 10.2 Å². The van der Waals surface area contributed by atoms with E-state index in [0.29, 0.717) is 21.6 Å². The van der Waals surface area contributed by atoms with E-state index in [4.69, 9.17) is 10.2 Å². The van der Waals surface area contributed by atoms with Gasteiger partial charge in [0.1, 0.15) is 11.0 Å². The number of nitrogens with zero attached hydrogens (tertiary/aromatic N) is 4. The number of rotatable bonds is 2. The first-order valence-electron chi connectivity index (χ1n) is 6.21. The first kappa shape index (κ1) is 12.1. The van der Waals surface area contributed by atoms with E-state index in [1.54, 1.807) is 12.1 Å². The molecule has 0 aliphatic carbocycles. The van der Waals surface area contributed by atoms with E-state index < -0.39 is 0 Å². The van der Waals surface area contributed by atoms with Crippen molar-refractivity contribution in [3.63, 3.8) is 0 Å². The van der Waals surface area contributed by atoms with Gasteiger partial charge in [-0.2, -0.15) is 0 Å². The van der Waals surface area contributed by atoms with Gasteiger partial charge in [-0.05, 0) is 24.3 Å². The van der Waals surface area contributed by atoms with Gasteiger partial charge in [-0.25, -0.2) is 9.97 Å². The number of fused-ring (bicyclic) bond motifs is 2. The summed E-state index contributed by atoms with van der Waals surface area (Å²) in [6, 6.07) is 12.9. The third-order valence-electron chi connectivity index (χ3n) is 2.91. The second kappa shape index (κ2) is 4.71. The molecule has 2 aromatic heterocycles. The first-order chi connectivity index (χ1) is 10.3. The molecule has 0 aliphatic rings. The van der Waals surface area contributed by atoms with Crippen LogP contribution in [0.3, 0.4) is 0 Å². The lowest BCUT2D eigenvalue weighted by Crippen LogP contribution is -1.91. The topological polar surface area (TPSA) is 90.7 Å². The van der Waals surface area contributed by atoms with Crippen molar-refractivity contribution in [2.75, 3.05) is 5.73 Å². The minimum atomic E-state index is 0.465. The summed E-state index contributed by atoms with van der Waals surface area (Å²) < 4.78 is 5.63. The number of para-hydroxylation sites is 1. The molecule has 0 amide bonds. The molecule has 0 unspecified atom stereocenters. The van der Waals surface area contributed by atoms with Crippen LogP contribution >= 0.6 is 11.8 Å². The molecular formula is C14H9N5OS. The zero-order valence-electron chi connectivity index (χ0n) is 10.7. The minimum absolute atomic E-state index is 0.465. The fourth-order valence-electron chi connectivity index (χ4n) is 1.95. The average Bonchev–Trinajstić information content (AvgIpc) is 2.88. The van der Waals surface area contributed by atoms with Gasteiger partial charge in [0, 0.05) is 23.5 Å². The van der Waals surface area contributed by atoms with E-state index in [1.807, 2.05) is 30.3 Å². The van der Waals surface area contributed by atoms with Gasteiger partial charge in [-0.3, -0.25) is 0 Å². The van der Waals surface area contributed by atoms with Crippen molar-refractivity contribution in [3.8, 4) is 0 Å². The number of hydrogen-bond donors (Lipinski definition) is 1. The number of benzene rings is 2. The molecule has 0 saturated carbocycles. The van der Waals surface area contributed by atoms with Crippen molar-refractivity contribution >= 4 is 39.6 Å². The van der Waals surface area contributed by atoms with Crippen LogP contribution in [-0.2, 0) is 0 Å². The van der Waals surface area contributed by atoms with Crippen LogP contribution in [0.25, 0.3) is 22.1 Å². The van der Waals surface area contributed by atoms with E-state index in [0.717, 1.165) is 16.6 Å². The Bertz CT molecular complexity index is 952. The van der Waals surface area contributed by atoms with Crippen LogP contribution in [0.5, 0.6) is 0 Å². The zero-order valence-corrected chi connectivity index (χ0v) is 11.5. The maximum atomic E-state index is 5.72. The van der Waals surface area contributed by atoms with E-state index in [2.05, 4.69) is 20.2 Å². The van der Waals surface area contributed by atoms with Crippen LogP contribution in [0.15, 0.2) is 57.3 Å². The first-order valence-corrected chi connectivity index (χ1v) is 7.03. The lowest BCUT2D eigenvalue weighted by molar-refractivity contribution is 0.488. The Morgan fingerprint density at radius 2 is 1.76 bits per heavy atom. The van der Waals surface area contributed by atoms with Crippen LogP contribution in [0.4, 0.5) is 5.69 Å². The van der Waals surface area contributed by atoms with Crippen LogP contribution in [0.2, 0.25) is 0 Å². The van der Waals surface area contributed by atoms with Gasteiger partial charge in [0.05, 0.1) is 5.52 Å². The van der Waals surface area contributed by atoms with Crippen molar-refractivity contribution < 1.29 is 4.42 Å². The highest BCUT2D eigenvalue weighted by Gasteiger charge is 2.10.